The van der Waals surface area contributed by atoms with Crippen molar-refractivity contribution in [3.05, 3.63) is 29.8 Å². The van der Waals surface area contributed by atoms with Crippen molar-refractivity contribution in [2.75, 3.05) is 7.11 Å². The van der Waals surface area contributed by atoms with Crippen molar-refractivity contribution in [1.82, 2.24) is 0 Å². The molecule has 2 heteroatoms. The number of quaternary nitrogens is 1. The lowest BCUT2D eigenvalue weighted by molar-refractivity contribution is -0.707. The van der Waals surface area contributed by atoms with Crippen molar-refractivity contribution in [3.8, 4) is 5.75 Å². The summed E-state index contributed by atoms with van der Waals surface area (Å²) in [4.78, 5) is 0. The Morgan fingerprint density at radius 1 is 1.24 bits per heavy atom. The van der Waals surface area contributed by atoms with E-state index in [4.69, 9.17) is 4.74 Å². The van der Waals surface area contributed by atoms with Crippen LogP contribution in [0.3, 0.4) is 0 Å². The molecule has 1 saturated carbocycles. The van der Waals surface area contributed by atoms with Crippen LogP contribution in [0, 0.1) is 5.92 Å². The van der Waals surface area contributed by atoms with Crippen LogP contribution in [0.15, 0.2) is 24.3 Å². The van der Waals surface area contributed by atoms with Gasteiger partial charge in [-0.25, -0.2) is 0 Å². The maximum Gasteiger partial charge on any atom is 0.118 e. The highest BCUT2D eigenvalue weighted by Crippen LogP contribution is 2.21. The Hall–Kier alpha value is -1.02. The second-order valence-electron chi connectivity index (χ2n) is 5.32. The number of benzene rings is 1. The topological polar surface area (TPSA) is 25.8 Å². The number of rotatable bonds is 4. The molecular weight excluding hydrogens is 210 g/mol. The Kier molecular flexibility index (Phi) is 4.43. The van der Waals surface area contributed by atoms with Crippen LogP contribution in [0.1, 0.15) is 38.2 Å². The van der Waals surface area contributed by atoms with Gasteiger partial charge in [0.1, 0.15) is 12.3 Å². The van der Waals surface area contributed by atoms with Gasteiger partial charge < -0.3 is 10.1 Å². The molecule has 2 atom stereocenters. The van der Waals surface area contributed by atoms with E-state index < -0.39 is 0 Å². The summed E-state index contributed by atoms with van der Waals surface area (Å²) >= 11 is 0. The first kappa shape index (κ1) is 12.4. The Morgan fingerprint density at radius 3 is 2.65 bits per heavy atom. The average molecular weight is 234 g/mol. The normalized spacial score (nSPS) is 24.6. The quantitative estimate of drug-likeness (QED) is 0.850. The molecule has 0 aromatic heterocycles. The van der Waals surface area contributed by atoms with Gasteiger partial charge in [0.05, 0.1) is 13.2 Å². The molecule has 0 saturated heterocycles. The van der Waals surface area contributed by atoms with E-state index in [1.54, 1.807) is 7.11 Å². The zero-order valence-electron chi connectivity index (χ0n) is 11.0. The van der Waals surface area contributed by atoms with Crippen LogP contribution in [0.4, 0.5) is 0 Å². The van der Waals surface area contributed by atoms with Crippen molar-refractivity contribution < 1.29 is 10.1 Å². The molecule has 1 aromatic rings. The van der Waals surface area contributed by atoms with Crippen LogP contribution >= 0.6 is 0 Å². The van der Waals surface area contributed by atoms with Crippen LogP contribution in [0.25, 0.3) is 0 Å². The largest absolute Gasteiger partial charge is 0.497 e. The van der Waals surface area contributed by atoms with E-state index in [1.165, 1.54) is 31.2 Å². The highest BCUT2D eigenvalue weighted by molar-refractivity contribution is 5.26. The summed E-state index contributed by atoms with van der Waals surface area (Å²) in [7, 11) is 1.71. The molecule has 2 rings (SSSR count). The standard InChI is InChI=1S/C15H23NO/c1-12-4-3-5-14(10-12)16-11-13-6-8-15(17-2)9-7-13/h6-9,12,14,16H,3-5,10-11H2,1-2H3/p+1/t12-,14-/m0/s1. The average Bonchev–Trinajstić information content (AvgIpc) is 2.37. The van der Waals surface area contributed by atoms with E-state index in [9.17, 15) is 0 Å². The third kappa shape index (κ3) is 3.74. The summed E-state index contributed by atoms with van der Waals surface area (Å²) in [6, 6.07) is 9.27. The number of hydrogen-bond acceptors (Lipinski definition) is 1. The van der Waals surface area contributed by atoms with Gasteiger partial charge in [-0.15, -0.1) is 0 Å². The lowest BCUT2D eigenvalue weighted by atomic mass is 9.87. The molecule has 0 spiro atoms. The molecule has 2 N–H and O–H groups in total. The van der Waals surface area contributed by atoms with Crippen LogP contribution in [-0.2, 0) is 6.54 Å². The number of nitrogens with two attached hydrogens (primary N) is 1. The summed E-state index contributed by atoms with van der Waals surface area (Å²) in [6.07, 6.45) is 5.61. The molecule has 0 amide bonds. The molecule has 0 unspecified atom stereocenters. The zero-order valence-corrected chi connectivity index (χ0v) is 11.0. The molecule has 1 fully saturated rings. The van der Waals surface area contributed by atoms with E-state index in [0.29, 0.717) is 0 Å². The molecule has 0 bridgehead atoms. The molecule has 0 heterocycles. The lowest BCUT2D eigenvalue weighted by Crippen LogP contribution is -2.89. The predicted molar refractivity (Wildman–Crippen MR) is 70.0 cm³/mol. The summed E-state index contributed by atoms with van der Waals surface area (Å²) < 4.78 is 5.17. The van der Waals surface area contributed by atoms with Gasteiger partial charge in [-0.2, -0.15) is 0 Å². The predicted octanol–water partition coefficient (Wildman–Crippen LogP) is 2.34. The van der Waals surface area contributed by atoms with Gasteiger partial charge in [-0.3, -0.25) is 0 Å². The first-order valence-electron chi connectivity index (χ1n) is 6.74. The van der Waals surface area contributed by atoms with Gasteiger partial charge in [0.15, 0.2) is 0 Å². The van der Waals surface area contributed by atoms with E-state index in [2.05, 4.69) is 24.4 Å². The van der Waals surface area contributed by atoms with Crippen molar-refractivity contribution >= 4 is 0 Å². The minimum Gasteiger partial charge on any atom is -0.497 e. The van der Waals surface area contributed by atoms with Crippen LogP contribution in [0.5, 0.6) is 5.75 Å². The monoisotopic (exact) mass is 234 g/mol. The van der Waals surface area contributed by atoms with Crippen molar-refractivity contribution in [3.63, 3.8) is 0 Å². The Balaban J connectivity index is 1.80. The summed E-state index contributed by atoms with van der Waals surface area (Å²) in [5, 5.41) is 2.51. The first-order chi connectivity index (χ1) is 8.28. The third-order valence-corrected chi connectivity index (χ3v) is 3.82. The molecule has 1 aliphatic carbocycles. The fraction of sp³-hybridized carbons (Fsp3) is 0.600. The SMILES string of the molecule is COc1ccc(C[NH2+][C@H]2CCC[C@H](C)C2)cc1. The van der Waals surface area contributed by atoms with Crippen LogP contribution < -0.4 is 10.1 Å². The number of hydrogen-bond donors (Lipinski definition) is 1. The van der Waals surface area contributed by atoms with E-state index in [1.807, 2.05) is 12.1 Å². The zero-order chi connectivity index (χ0) is 12.1. The van der Waals surface area contributed by atoms with Crippen molar-refractivity contribution in [1.29, 1.82) is 0 Å². The molecule has 0 radical (unpaired) electrons. The first-order valence-corrected chi connectivity index (χ1v) is 6.74. The van der Waals surface area contributed by atoms with Gasteiger partial charge in [0, 0.05) is 12.0 Å². The maximum atomic E-state index is 5.17. The highest BCUT2D eigenvalue weighted by atomic mass is 16.5. The lowest BCUT2D eigenvalue weighted by Gasteiger charge is -2.24. The van der Waals surface area contributed by atoms with E-state index in [-0.39, 0.29) is 0 Å². The second-order valence-corrected chi connectivity index (χ2v) is 5.32. The molecule has 2 nitrogen and oxygen atoms in total. The van der Waals surface area contributed by atoms with Crippen molar-refractivity contribution in [2.24, 2.45) is 5.92 Å². The van der Waals surface area contributed by atoms with Gasteiger partial charge in [-0.05, 0) is 43.0 Å². The Morgan fingerprint density at radius 2 is 2.00 bits per heavy atom. The number of ether oxygens (including phenoxy) is 1. The summed E-state index contributed by atoms with van der Waals surface area (Å²) in [5.74, 6) is 1.86. The minimum atomic E-state index is 0.834. The molecule has 17 heavy (non-hydrogen) atoms. The molecular formula is C15H24NO+. The van der Waals surface area contributed by atoms with Gasteiger partial charge in [0.25, 0.3) is 0 Å². The molecule has 0 aliphatic heterocycles. The van der Waals surface area contributed by atoms with Crippen LogP contribution in [-0.4, -0.2) is 13.2 Å². The van der Waals surface area contributed by atoms with Gasteiger partial charge in [-0.1, -0.05) is 13.3 Å². The van der Waals surface area contributed by atoms with E-state index in [0.717, 1.165) is 24.3 Å². The van der Waals surface area contributed by atoms with Crippen molar-refractivity contribution in [2.45, 2.75) is 45.2 Å². The molecule has 1 aromatic carbocycles. The minimum absolute atomic E-state index is 0.834. The van der Waals surface area contributed by atoms with Gasteiger partial charge >= 0.3 is 0 Å². The number of methoxy groups -OCH3 is 1. The third-order valence-electron chi connectivity index (χ3n) is 3.82. The smallest absolute Gasteiger partial charge is 0.118 e. The Bertz CT molecular complexity index is 333. The molecule has 94 valence electrons. The Labute approximate surface area is 104 Å². The molecule has 1 aliphatic rings. The fourth-order valence-electron chi connectivity index (χ4n) is 2.76. The van der Waals surface area contributed by atoms with Crippen LogP contribution in [0.2, 0.25) is 0 Å². The second kappa shape index (κ2) is 6.06. The summed E-state index contributed by atoms with van der Waals surface area (Å²) in [6.45, 7) is 3.48. The fourth-order valence-corrected chi connectivity index (χ4v) is 2.76. The maximum absolute atomic E-state index is 5.17. The van der Waals surface area contributed by atoms with E-state index >= 15 is 0 Å². The summed E-state index contributed by atoms with van der Waals surface area (Å²) in [5.41, 5.74) is 1.39. The van der Waals surface area contributed by atoms with Gasteiger partial charge in [0.2, 0.25) is 0 Å². The highest BCUT2D eigenvalue weighted by Gasteiger charge is 2.20.